The van der Waals surface area contributed by atoms with Gasteiger partial charge in [-0.05, 0) is 25.6 Å². The zero-order valence-corrected chi connectivity index (χ0v) is 16.0. The van der Waals surface area contributed by atoms with Gasteiger partial charge in [0.05, 0.1) is 11.8 Å². The van der Waals surface area contributed by atoms with E-state index >= 15 is 4.11 Å². The largest absolute Gasteiger partial charge is 0.396 e. The first-order valence-corrected chi connectivity index (χ1v) is 11.7. The van der Waals surface area contributed by atoms with Crippen LogP contribution in [0.4, 0.5) is 9.80 Å². The molecule has 1 aromatic rings. The number of fused-ring (bicyclic) bond motifs is 2. The first-order valence-electron chi connectivity index (χ1n) is 8.79. The number of nitrogens with zero attached hydrogens (tertiary/aromatic N) is 1. The number of hydrogen-bond donors (Lipinski definition) is 1. The average molecular weight is 364 g/mol. The van der Waals surface area contributed by atoms with E-state index in [0.717, 1.165) is 11.3 Å². The predicted octanol–water partition coefficient (Wildman–Crippen LogP) is 3.38. The van der Waals surface area contributed by atoms with Crippen LogP contribution < -0.4 is 4.90 Å². The molecular formula is C19H26FNO3Si. The van der Waals surface area contributed by atoms with Gasteiger partial charge in [-0.2, -0.15) is 0 Å². The Morgan fingerprint density at radius 3 is 2.72 bits per heavy atom. The van der Waals surface area contributed by atoms with E-state index in [1.54, 1.807) is 24.1 Å². The molecule has 0 aromatic heterocycles. The van der Waals surface area contributed by atoms with Crippen molar-refractivity contribution in [3.8, 4) is 0 Å². The maximum Gasteiger partial charge on any atom is 0.264 e. The fraction of sp³-hybridized carbons (Fsp3) is 0.526. The smallest absolute Gasteiger partial charge is 0.264 e. The van der Waals surface area contributed by atoms with Gasteiger partial charge in [0.2, 0.25) is 8.41 Å². The molecule has 4 atom stereocenters. The van der Waals surface area contributed by atoms with Gasteiger partial charge in [-0.1, -0.05) is 31.2 Å². The molecule has 1 spiro atoms. The number of anilines is 1. The summed E-state index contributed by atoms with van der Waals surface area (Å²) in [6.07, 6.45) is 1.57. The van der Waals surface area contributed by atoms with Crippen molar-refractivity contribution < 1.29 is 18.7 Å². The highest BCUT2D eigenvalue weighted by atomic mass is 28.4. The molecule has 1 saturated heterocycles. The zero-order valence-electron chi connectivity index (χ0n) is 15.0. The number of halogens is 1. The van der Waals surface area contributed by atoms with Gasteiger partial charge in [0, 0.05) is 30.2 Å². The van der Waals surface area contributed by atoms with Crippen LogP contribution in [0.1, 0.15) is 18.9 Å². The number of aliphatic hydroxyl groups is 1. The minimum atomic E-state index is -3.10. The van der Waals surface area contributed by atoms with Crippen molar-refractivity contribution in [1.29, 1.82) is 0 Å². The van der Waals surface area contributed by atoms with Gasteiger partial charge in [0.1, 0.15) is 0 Å². The third kappa shape index (κ3) is 2.58. The van der Waals surface area contributed by atoms with Crippen LogP contribution >= 0.6 is 0 Å². The van der Waals surface area contributed by atoms with Crippen molar-refractivity contribution in [2.75, 3.05) is 18.1 Å². The van der Waals surface area contributed by atoms with E-state index in [1.165, 1.54) is 0 Å². The fourth-order valence-electron chi connectivity index (χ4n) is 4.71. The highest BCUT2D eigenvalue weighted by Gasteiger charge is 2.66. The number of aliphatic hydroxyl groups excluding tert-OH is 1. The molecule has 1 amide bonds. The summed E-state index contributed by atoms with van der Waals surface area (Å²) < 4.78 is 21.5. The second-order valence-electron chi connectivity index (χ2n) is 7.50. The molecule has 0 saturated carbocycles. The van der Waals surface area contributed by atoms with Crippen molar-refractivity contribution in [3.05, 3.63) is 42.5 Å². The Labute approximate surface area is 149 Å². The van der Waals surface area contributed by atoms with Crippen molar-refractivity contribution in [2.45, 2.75) is 43.7 Å². The molecule has 1 fully saturated rings. The zero-order chi connectivity index (χ0) is 18.4. The van der Waals surface area contributed by atoms with Crippen LogP contribution in [0.2, 0.25) is 18.6 Å². The van der Waals surface area contributed by atoms with Crippen LogP contribution in [-0.4, -0.2) is 38.7 Å². The van der Waals surface area contributed by atoms with E-state index in [1.807, 2.05) is 31.2 Å². The number of hydrogen-bond acceptors (Lipinski definition) is 3. The summed E-state index contributed by atoms with van der Waals surface area (Å²) in [5.74, 6) is -0.441. The highest BCUT2D eigenvalue weighted by molar-refractivity contribution is 6.72. The Kier molecular flexibility index (Phi) is 4.64. The average Bonchev–Trinajstić information content (AvgIpc) is 2.97. The summed E-state index contributed by atoms with van der Waals surface area (Å²) in [6.45, 7) is 9.29. The molecule has 0 unspecified atom stereocenters. The van der Waals surface area contributed by atoms with Gasteiger partial charge in [-0.3, -0.25) is 4.79 Å². The first-order chi connectivity index (χ1) is 11.8. The molecule has 2 aliphatic rings. The Morgan fingerprint density at radius 2 is 2.12 bits per heavy atom. The summed E-state index contributed by atoms with van der Waals surface area (Å²) in [7, 11) is -3.10. The third-order valence-corrected chi connectivity index (χ3v) is 8.05. The quantitative estimate of drug-likeness (QED) is 0.496. The molecule has 6 heteroatoms. The number of ether oxygens (including phenoxy) is 1. The highest BCUT2D eigenvalue weighted by Crippen LogP contribution is 2.59. The number of amides is 1. The minimum absolute atomic E-state index is 0.0827. The molecule has 0 radical (unpaired) electrons. The van der Waals surface area contributed by atoms with Gasteiger partial charge in [0.25, 0.3) is 5.91 Å². The number of carbonyl (C=O) groups excluding carboxylic acids is 1. The Bertz CT molecular complexity index is 689. The lowest BCUT2D eigenvalue weighted by Gasteiger charge is -2.31. The molecule has 2 aliphatic heterocycles. The molecule has 0 bridgehead atoms. The maximum absolute atomic E-state index is 15.1. The standard InChI is InChI=1S/C19H26FNO3Si/c1-5-11-21-15-9-7-6-8-14(15)19(18(21)23)13(2)17(25(3,4)20)16(24-19)10-12-22/h5-9,13,16-17,22H,1,10-12H2,2-4H3/t13-,16+,17-,19+/m1/s1. The fourth-order valence-corrected chi connectivity index (χ4v) is 7.25. The summed E-state index contributed by atoms with van der Waals surface area (Å²) in [5.41, 5.74) is 0.0971. The molecule has 1 N–H and O–H groups in total. The van der Waals surface area contributed by atoms with Gasteiger partial charge in [-0.15, -0.1) is 6.58 Å². The van der Waals surface area contributed by atoms with Crippen molar-refractivity contribution in [2.24, 2.45) is 5.92 Å². The molecule has 0 aliphatic carbocycles. The number of carbonyl (C=O) groups is 1. The van der Waals surface area contributed by atoms with E-state index in [9.17, 15) is 9.90 Å². The normalized spacial score (nSPS) is 31.6. The van der Waals surface area contributed by atoms with Crippen LogP contribution in [0, 0.1) is 5.92 Å². The maximum atomic E-state index is 15.1. The minimum Gasteiger partial charge on any atom is -0.396 e. The molecular weight excluding hydrogens is 337 g/mol. The summed E-state index contributed by atoms with van der Waals surface area (Å²) in [6, 6.07) is 7.57. The van der Waals surface area contributed by atoms with Gasteiger partial charge >= 0.3 is 0 Å². The number of para-hydroxylation sites is 1. The molecule has 1 aromatic carbocycles. The Balaban J connectivity index is 2.15. The topological polar surface area (TPSA) is 49.8 Å². The summed E-state index contributed by atoms with van der Waals surface area (Å²) in [4.78, 5) is 15.1. The summed E-state index contributed by atoms with van der Waals surface area (Å²) >= 11 is 0. The Morgan fingerprint density at radius 1 is 1.44 bits per heavy atom. The van der Waals surface area contributed by atoms with Crippen LogP contribution in [0.5, 0.6) is 0 Å². The van der Waals surface area contributed by atoms with E-state index in [-0.39, 0.29) is 24.0 Å². The monoisotopic (exact) mass is 363 g/mol. The van der Waals surface area contributed by atoms with Gasteiger partial charge in [-0.25, -0.2) is 0 Å². The number of benzene rings is 1. The molecule has 136 valence electrons. The number of rotatable bonds is 5. The third-order valence-electron chi connectivity index (χ3n) is 5.59. The van der Waals surface area contributed by atoms with E-state index in [0.29, 0.717) is 13.0 Å². The lowest BCUT2D eigenvalue weighted by atomic mass is 9.82. The molecule has 3 rings (SSSR count). The SMILES string of the molecule is C=CCN1C(=O)[C@@]2(O[C@@H](CCO)[C@H]([Si](C)(C)F)[C@H]2C)c2ccccc21. The van der Waals surface area contributed by atoms with E-state index in [4.69, 9.17) is 4.74 Å². The molecule has 2 heterocycles. The lowest BCUT2D eigenvalue weighted by molar-refractivity contribution is -0.146. The second kappa shape index (κ2) is 6.34. The predicted molar refractivity (Wildman–Crippen MR) is 98.7 cm³/mol. The summed E-state index contributed by atoms with van der Waals surface area (Å²) in [5, 5.41) is 9.43. The van der Waals surface area contributed by atoms with E-state index < -0.39 is 20.1 Å². The van der Waals surface area contributed by atoms with Crippen molar-refractivity contribution in [1.82, 2.24) is 0 Å². The van der Waals surface area contributed by atoms with Crippen LogP contribution in [0.15, 0.2) is 36.9 Å². The second-order valence-corrected chi connectivity index (χ2v) is 11.3. The van der Waals surface area contributed by atoms with Gasteiger partial charge in [0.15, 0.2) is 5.60 Å². The van der Waals surface area contributed by atoms with Crippen LogP contribution in [-0.2, 0) is 15.1 Å². The first kappa shape index (κ1) is 18.3. The van der Waals surface area contributed by atoms with Crippen LogP contribution in [0.25, 0.3) is 0 Å². The van der Waals surface area contributed by atoms with Gasteiger partial charge < -0.3 is 18.9 Å². The Hall–Kier alpha value is -1.50. The molecule has 4 nitrogen and oxygen atoms in total. The van der Waals surface area contributed by atoms with E-state index in [2.05, 4.69) is 6.58 Å². The lowest BCUT2D eigenvalue weighted by Crippen LogP contribution is -2.45. The van der Waals surface area contributed by atoms with Crippen molar-refractivity contribution in [3.63, 3.8) is 0 Å². The molecule has 25 heavy (non-hydrogen) atoms. The van der Waals surface area contributed by atoms with Crippen molar-refractivity contribution >= 4 is 20.0 Å². The van der Waals surface area contributed by atoms with Crippen LogP contribution in [0.3, 0.4) is 0 Å².